The molecule has 1 saturated carbocycles. The molecule has 2 fully saturated rings. The van der Waals surface area contributed by atoms with Crippen LogP contribution in [0.4, 0.5) is 0 Å². The Hall–Kier alpha value is -2.40. The largest absolute Gasteiger partial charge is 0.317 e. The Labute approximate surface area is 221 Å². The molecule has 1 aromatic heterocycles. The number of sulfonamides is 1. The van der Waals surface area contributed by atoms with Crippen molar-refractivity contribution in [3.8, 4) is 0 Å². The molecule has 2 aromatic carbocycles. The van der Waals surface area contributed by atoms with Crippen molar-refractivity contribution in [2.45, 2.75) is 74.1 Å². The first-order valence-electron chi connectivity index (χ1n) is 12.8. The highest BCUT2D eigenvalue weighted by Crippen LogP contribution is 2.46. The first-order chi connectivity index (χ1) is 17.8. The molecule has 8 nitrogen and oxygen atoms in total. The van der Waals surface area contributed by atoms with Crippen molar-refractivity contribution in [3.05, 3.63) is 83.9 Å². The lowest BCUT2D eigenvalue weighted by Crippen LogP contribution is -2.44. The van der Waals surface area contributed by atoms with E-state index >= 15 is 0 Å². The van der Waals surface area contributed by atoms with E-state index in [2.05, 4.69) is 10.2 Å². The molecule has 1 saturated heterocycles. The zero-order chi connectivity index (χ0) is 26.0. The van der Waals surface area contributed by atoms with E-state index in [1.807, 2.05) is 66.1 Å². The van der Waals surface area contributed by atoms with E-state index in [-0.39, 0.29) is 12.1 Å². The van der Waals surface area contributed by atoms with Crippen molar-refractivity contribution in [2.24, 2.45) is 0 Å². The van der Waals surface area contributed by atoms with E-state index in [1.165, 1.54) is 7.11 Å². The fraction of sp³-hybridized carbons (Fsp3) is 0.481. The zero-order valence-corrected chi connectivity index (χ0v) is 22.9. The van der Waals surface area contributed by atoms with Gasteiger partial charge in [-0.1, -0.05) is 54.6 Å². The normalized spacial score (nSPS) is 29.1. The Morgan fingerprint density at radius 3 is 2.24 bits per heavy atom. The summed E-state index contributed by atoms with van der Waals surface area (Å²) in [6.45, 7) is 2.31. The number of benzene rings is 2. The van der Waals surface area contributed by atoms with Crippen molar-refractivity contribution in [2.75, 3.05) is 7.11 Å². The van der Waals surface area contributed by atoms with Gasteiger partial charge in [0.1, 0.15) is 17.9 Å². The molecule has 2 aliphatic rings. The number of rotatable bonds is 7. The molecule has 10 heteroatoms. The Morgan fingerprint density at radius 2 is 1.62 bits per heavy atom. The lowest BCUT2D eigenvalue weighted by Gasteiger charge is -2.39. The summed E-state index contributed by atoms with van der Waals surface area (Å²) in [6.07, 6.45) is 8.04. The van der Waals surface area contributed by atoms with Gasteiger partial charge in [-0.15, -0.1) is 10.2 Å². The summed E-state index contributed by atoms with van der Waals surface area (Å²) in [4.78, 5) is 0. The van der Waals surface area contributed by atoms with Gasteiger partial charge in [0.05, 0.1) is 11.9 Å². The molecular weight excluding hydrogens is 508 g/mol. The highest BCUT2D eigenvalue weighted by atomic mass is 32.2. The second-order valence-corrected chi connectivity index (χ2v) is 13.8. The number of hydrogen-bond donors (Lipinski definition) is 0. The van der Waals surface area contributed by atoms with E-state index < -0.39 is 31.1 Å². The van der Waals surface area contributed by atoms with Crippen LogP contribution in [0, 0.1) is 0 Å². The van der Waals surface area contributed by atoms with Crippen LogP contribution in [-0.4, -0.2) is 44.8 Å². The van der Waals surface area contributed by atoms with Crippen LogP contribution in [0.15, 0.2) is 67.3 Å². The molecule has 2 heterocycles. The fourth-order valence-corrected chi connectivity index (χ4v) is 9.34. The zero-order valence-electron chi connectivity index (χ0n) is 21.3. The summed E-state index contributed by atoms with van der Waals surface area (Å²) < 4.78 is 48.8. The van der Waals surface area contributed by atoms with E-state index in [4.69, 9.17) is 4.18 Å². The minimum Gasteiger partial charge on any atom is -0.317 e. The molecule has 3 aromatic rings. The maximum absolute atomic E-state index is 13.6. The van der Waals surface area contributed by atoms with Gasteiger partial charge in [-0.3, -0.25) is 4.18 Å². The molecular formula is C27H34N4O4S2. The van der Waals surface area contributed by atoms with Crippen LogP contribution in [0.3, 0.4) is 0 Å². The molecule has 5 rings (SSSR count). The molecule has 1 unspecified atom stereocenters. The van der Waals surface area contributed by atoms with Gasteiger partial charge in [0, 0.05) is 18.6 Å². The van der Waals surface area contributed by atoms with Gasteiger partial charge in [-0.2, -0.15) is 4.31 Å². The second-order valence-electron chi connectivity index (χ2n) is 10.1. The minimum atomic E-state index is -3.50. The first kappa shape index (κ1) is 26.2. The standard InChI is InChI=1S/C27H34N4O4S2/c1-21-8-13-26(23-6-4-3-5-7-23)37(33,34)31(21)18-22-9-11-24(12-10-22)27(36(32)35-2)16-14-25(15-17-27)30-19-28-29-20-30/h3-7,9-12,19-21,25-26H,8,13-18H2,1-2H3/t21-,25?,26+,27?,36?/m0/s1. The van der Waals surface area contributed by atoms with Crippen molar-refractivity contribution in [1.82, 2.24) is 19.1 Å². The number of aromatic nitrogens is 3. The molecule has 0 amide bonds. The second kappa shape index (κ2) is 10.8. The van der Waals surface area contributed by atoms with Crippen LogP contribution in [-0.2, 0) is 36.6 Å². The Bertz CT molecular complexity index is 1310. The van der Waals surface area contributed by atoms with Crippen molar-refractivity contribution < 1.29 is 16.8 Å². The van der Waals surface area contributed by atoms with Crippen molar-refractivity contribution in [3.63, 3.8) is 0 Å². The Balaban J connectivity index is 1.35. The monoisotopic (exact) mass is 542 g/mol. The highest BCUT2D eigenvalue weighted by Gasteiger charge is 2.44. The molecule has 3 atom stereocenters. The fourth-order valence-electron chi connectivity index (χ4n) is 5.92. The molecule has 0 bridgehead atoms. The molecule has 0 spiro atoms. The van der Waals surface area contributed by atoms with Gasteiger partial charge in [-0.25, -0.2) is 12.6 Å². The minimum absolute atomic E-state index is 0.0649. The van der Waals surface area contributed by atoms with Gasteiger partial charge in [0.25, 0.3) is 0 Å². The van der Waals surface area contributed by atoms with Crippen LogP contribution in [0.5, 0.6) is 0 Å². The van der Waals surface area contributed by atoms with E-state index in [1.54, 1.807) is 17.0 Å². The molecule has 0 N–H and O–H groups in total. The van der Waals surface area contributed by atoms with E-state index in [0.717, 1.165) is 36.0 Å². The van der Waals surface area contributed by atoms with Gasteiger partial charge < -0.3 is 4.57 Å². The predicted octanol–water partition coefficient (Wildman–Crippen LogP) is 4.65. The Kier molecular flexibility index (Phi) is 7.63. The third kappa shape index (κ3) is 5.04. The van der Waals surface area contributed by atoms with Crippen LogP contribution in [0.25, 0.3) is 0 Å². The lowest BCUT2D eigenvalue weighted by atomic mass is 9.80. The molecule has 1 aliphatic heterocycles. The van der Waals surface area contributed by atoms with Crippen molar-refractivity contribution in [1.29, 1.82) is 0 Å². The summed E-state index contributed by atoms with van der Waals surface area (Å²) in [7, 11) is -2.01. The average Bonchev–Trinajstić information content (AvgIpc) is 3.46. The smallest absolute Gasteiger partial charge is 0.221 e. The molecule has 198 valence electrons. The lowest BCUT2D eigenvalue weighted by molar-refractivity contribution is 0.279. The third-order valence-electron chi connectivity index (χ3n) is 8.11. The van der Waals surface area contributed by atoms with Gasteiger partial charge in [0.15, 0.2) is 11.1 Å². The highest BCUT2D eigenvalue weighted by molar-refractivity contribution is 7.89. The van der Waals surface area contributed by atoms with Crippen molar-refractivity contribution >= 4 is 21.1 Å². The maximum atomic E-state index is 13.6. The predicted molar refractivity (Wildman–Crippen MR) is 143 cm³/mol. The summed E-state index contributed by atoms with van der Waals surface area (Å²) in [5, 5.41) is 7.32. The van der Waals surface area contributed by atoms with Crippen LogP contribution < -0.4 is 0 Å². The maximum Gasteiger partial charge on any atom is 0.221 e. The van der Waals surface area contributed by atoms with Gasteiger partial charge >= 0.3 is 0 Å². The van der Waals surface area contributed by atoms with Crippen LogP contribution in [0.2, 0.25) is 0 Å². The topological polar surface area (TPSA) is 94.4 Å². The number of hydrogen-bond acceptors (Lipinski definition) is 6. The van der Waals surface area contributed by atoms with Crippen LogP contribution >= 0.6 is 0 Å². The quantitative estimate of drug-likeness (QED) is 0.431. The van der Waals surface area contributed by atoms with E-state index in [0.29, 0.717) is 25.8 Å². The summed E-state index contributed by atoms with van der Waals surface area (Å²) in [5.41, 5.74) is 2.74. The van der Waals surface area contributed by atoms with Gasteiger partial charge in [0.2, 0.25) is 10.0 Å². The summed E-state index contributed by atoms with van der Waals surface area (Å²) >= 11 is -1.49. The molecule has 37 heavy (non-hydrogen) atoms. The average molecular weight is 543 g/mol. The molecule has 0 radical (unpaired) electrons. The Morgan fingerprint density at radius 1 is 0.973 bits per heavy atom. The molecule has 1 aliphatic carbocycles. The van der Waals surface area contributed by atoms with Gasteiger partial charge in [-0.05, 0) is 62.1 Å². The van der Waals surface area contributed by atoms with Crippen LogP contribution in [0.1, 0.15) is 73.4 Å². The summed E-state index contributed by atoms with van der Waals surface area (Å²) in [5.74, 6) is 0. The van der Waals surface area contributed by atoms with E-state index in [9.17, 15) is 12.6 Å². The third-order valence-corrected chi connectivity index (χ3v) is 12.1. The summed E-state index contributed by atoms with van der Waals surface area (Å²) in [6, 6.07) is 17.7. The first-order valence-corrected chi connectivity index (χ1v) is 15.4. The number of nitrogens with zero attached hydrogens (tertiary/aromatic N) is 4. The SMILES string of the molecule is COS(=O)C1(c2ccc(CN3[C@@H](C)CC[C@H](c4ccccc4)S3(=O)=O)cc2)CCC(n2cnnc2)CC1.